The van der Waals surface area contributed by atoms with Crippen molar-refractivity contribution in [2.75, 3.05) is 27.3 Å². The van der Waals surface area contributed by atoms with Gasteiger partial charge in [0.15, 0.2) is 6.29 Å². The number of pyridine rings is 2. The minimum Gasteiger partial charge on any atom is -0.496 e. The van der Waals surface area contributed by atoms with Crippen molar-refractivity contribution in [2.45, 2.75) is 39.3 Å². The van der Waals surface area contributed by atoms with E-state index in [-0.39, 0.29) is 17.9 Å². The fraction of sp³-hybridized carbons (Fsp3) is 0.286. The molecular formula is C35H37Cl2N5O5. The number of nitrogens with one attached hydrogen (secondary N) is 1. The molecule has 0 atom stereocenters. The number of piperidine rings is 1. The topological polar surface area (TPSA) is 137 Å². The molecule has 47 heavy (non-hydrogen) atoms. The molecule has 2 amide bonds. The van der Waals surface area contributed by atoms with E-state index >= 15 is 0 Å². The average molecular weight is 679 g/mol. The number of methoxy groups -OCH3 is 2. The first kappa shape index (κ1) is 35.3. The van der Waals surface area contributed by atoms with E-state index < -0.39 is 0 Å². The van der Waals surface area contributed by atoms with Crippen LogP contribution in [0.25, 0.3) is 33.6 Å². The Morgan fingerprint density at radius 1 is 0.979 bits per heavy atom. The summed E-state index contributed by atoms with van der Waals surface area (Å²) in [4.78, 5) is 43.6. The molecule has 2 aromatic heterocycles. The molecule has 12 heteroatoms. The zero-order valence-electron chi connectivity index (χ0n) is 26.7. The number of aromatic nitrogens is 2. The second kappa shape index (κ2) is 16.4. The van der Waals surface area contributed by atoms with Crippen LogP contribution in [0.3, 0.4) is 0 Å². The number of primary amides is 1. The Balaban J connectivity index is 0.00000118. The van der Waals surface area contributed by atoms with Crippen LogP contribution in [-0.4, -0.2) is 66.3 Å². The van der Waals surface area contributed by atoms with Crippen LogP contribution in [0.15, 0.2) is 60.8 Å². The molecule has 246 valence electrons. The molecule has 0 saturated carbocycles. The van der Waals surface area contributed by atoms with Crippen LogP contribution in [0.5, 0.6) is 11.6 Å². The number of likely N-dealkylation sites (tertiary alicyclic amines) is 1. The summed E-state index contributed by atoms with van der Waals surface area (Å²) in [5.41, 5.74) is 10.0. The van der Waals surface area contributed by atoms with Gasteiger partial charge in [-0.05, 0) is 37.1 Å². The van der Waals surface area contributed by atoms with E-state index in [0.29, 0.717) is 56.3 Å². The Morgan fingerprint density at radius 2 is 1.66 bits per heavy atom. The average Bonchev–Trinajstić information content (AvgIpc) is 3.05. The first-order chi connectivity index (χ1) is 22.6. The summed E-state index contributed by atoms with van der Waals surface area (Å²) in [5, 5.41) is 3.94. The molecule has 1 saturated heterocycles. The van der Waals surface area contributed by atoms with Gasteiger partial charge in [0.1, 0.15) is 5.75 Å². The summed E-state index contributed by atoms with van der Waals surface area (Å²) in [6.45, 7) is 5.33. The number of carbonyl (C=O) groups excluding carboxylic acids is 3. The van der Waals surface area contributed by atoms with E-state index in [1.165, 1.54) is 14.0 Å². The van der Waals surface area contributed by atoms with Crippen LogP contribution >= 0.6 is 23.2 Å². The number of ether oxygens (including phenoxy) is 2. The van der Waals surface area contributed by atoms with Crippen LogP contribution in [-0.2, 0) is 16.1 Å². The summed E-state index contributed by atoms with van der Waals surface area (Å²) in [6.07, 6.45) is 4.24. The van der Waals surface area contributed by atoms with Crippen LogP contribution in [0, 0.1) is 0 Å². The van der Waals surface area contributed by atoms with Crippen molar-refractivity contribution in [3.8, 4) is 45.3 Å². The molecule has 3 heterocycles. The second-order valence-electron chi connectivity index (χ2n) is 11.0. The number of rotatable bonds is 9. The molecule has 0 bridgehead atoms. The molecule has 5 rings (SSSR count). The molecule has 10 nitrogen and oxygen atoms in total. The fourth-order valence-electron chi connectivity index (χ4n) is 5.43. The first-order valence-electron chi connectivity index (χ1n) is 14.9. The Labute approximate surface area is 284 Å². The maximum atomic E-state index is 11.4. The van der Waals surface area contributed by atoms with Crippen LogP contribution in [0.2, 0.25) is 10.0 Å². The zero-order chi connectivity index (χ0) is 34.1. The summed E-state index contributed by atoms with van der Waals surface area (Å²) < 4.78 is 11.1. The van der Waals surface area contributed by atoms with Crippen molar-refractivity contribution in [3.63, 3.8) is 0 Å². The van der Waals surface area contributed by atoms with Crippen LogP contribution in [0.1, 0.15) is 42.6 Å². The smallest absolute Gasteiger partial charge is 0.218 e. The Kier molecular flexibility index (Phi) is 12.3. The van der Waals surface area contributed by atoms with Gasteiger partial charge >= 0.3 is 0 Å². The van der Waals surface area contributed by atoms with E-state index in [9.17, 15) is 14.4 Å². The monoisotopic (exact) mass is 677 g/mol. The molecule has 4 aromatic rings. The van der Waals surface area contributed by atoms with E-state index in [1.807, 2.05) is 36.4 Å². The maximum absolute atomic E-state index is 11.4. The minimum absolute atomic E-state index is 0.0142. The van der Waals surface area contributed by atoms with Crippen LogP contribution < -0.4 is 20.5 Å². The van der Waals surface area contributed by atoms with Gasteiger partial charge in [-0.2, -0.15) is 0 Å². The number of benzene rings is 2. The van der Waals surface area contributed by atoms with Gasteiger partial charge in [0.2, 0.25) is 17.7 Å². The van der Waals surface area contributed by atoms with Gasteiger partial charge < -0.3 is 20.5 Å². The molecule has 0 spiro atoms. The number of hydrogen-bond donors (Lipinski definition) is 2. The second-order valence-corrected chi connectivity index (χ2v) is 11.7. The highest BCUT2D eigenvalue weighted by molar-refractivity contribution is 6.39. The van der Waals surface area contributed by atoms with Gasteiger partial charge in [-0.3, -0.25) is 24.3 Å². The predicted molar refractivity (Wildman–Crippen MR) is 184 cm³/mol. The largest absolute Gasteiger partial charge is 0.496 e. The van der Waals surface area contributed by atoms with E-state index in [4.69, 9.17) is 37.7 Å². The van der Waals surface area contributed by atoms with Crippen molar-refractivity contribution < 1.29 is 23.9 Å². The lowest BCUT2D eigenvalue weighted by Gasteiger charge is -2.32. The van der Waals surface area contributed by atoms with Crippen LogP contribution in [0.4, 0.5) is 0 Å². The predicted octanol–water partition coefficient (Wildman–Crippen LogP) is 6.21. The minimum atomic E-state index is -0.333. The Morgan fingerprint density at radius 3 is 2.30 bits per heavy atom. The normalized spacial score (nSPS) is 13.2. The molecule has 1 aliphatic heterocycles. The molecule has 3 N–H and O–H groups in total. The summed E-state index contributed by atoms with van der Waals surface area (Å²) in [5.74, 6) is 0.661. The van der Waals surface area contributed by atoms with E-state index in [1.54, 1.807) is 38.4 Å². The fourth-order valence-corrected chi connectivity index (χ4v) is 6.07. The van der Waals surface area contributed by atoms with E-state index in [2.05, 4.69) is 20.9 Å². The number of hydrogen-bond acceptors (Lipinski definition) is 8. The van der Waals surface area contributed by atoms with Crippen molar-refractivity contribution in [3.05, 3.63) is 82.0 Å². The van der Waals surface area contributed by atoms with Crippen molar-refractivity contribution in [1.82, 2.24) is 20.2 Å². The van der Waals surface area contributed by atoms with Gasteiger partial charge in [-0.15, -0.1) is 0 Å². The lowest BCUT2D eigenvalue weighted by Crippen LogP contribution is -2.43. The number of aldehydes is 1. The standard InChI is InChI=1S/C33H32Cl2N4O4.C2H5NO/c1-20(41)37-24-12-15-39(16-13-24)18-22-9-10-28(38-33(22)43-3)27-6-4-5-25(30(27)34)26-11-14-36-32(31(26)35)21-7-8-23(19-40)29(17-21)42-2;1-2(3)4/h4-11,14,17,19,24H,12-13,15-16,18H2,1-3H3,(H,37,41);1H3,(H2,3,4). The molecule has 0 radical (unpaired) electrons. The number of halogens is 2. The third-order valence-electron chi connectivity index (χ3n) is 7.61. The van der Waals surface area contributed by atoms with E-state index in [0.717, 1.165) is 48.9 Å². The SMILES string of the molecule is CC(N)=O.COc1cc(-c2nccc(-c3cccc(-c4ccc(CN5CCC(NC(C)=O)CC5)c(OC)n4)c3Cl)c2Cl)ccc1C=O. The highest BCUT2D eigenvalue weighted by Gasteiger charge is 2.22. The van der Waals surface area contributed by atoms with Gasteiger partial charge in [0.25, 0.3) is 0 Å². The molecule has 1 fully saturated rings. The molecular weight excluding hydrogens is 641 g/mol. The highest BCUT2D eigenvalue weighted by Crippen LogP contribution is 2.42. The van der Waals surface area contributed by atoms with Gasteiger partial charge in [-0.1, -0.05) is 53.5 Å². The van der Waals surface area contributed by atoms with Gasteiger partial charge in [0.05, 0.1) is 41.2 Å². The number of carbonyl (C=O) groups is 3. The highest BCUT2D eigenvalue weighted by atomic mass is 35.5. The molecule has 0 aliphatic carbocycles. The number of amides is 2. The molecule has 1 aliphatic rings. The number of nitrogens with zero attached hydrogens (tertiary/aromatic N) is 3. The molecule has 2 aromatic carbocycles. The summed E-state index contributed by atoms with van der Waals surface area (Å²) >= 11 is 13.9. The molecule has 0 unspecified atom stereocenters. The lowest BCUT2D eigenvalue weighted by molar-refractivity contribution is -0.120. The quantitative estimate of drug-likeness (QED) is 0.200. The third-order valence-corrected chi connectivity index (χ3v) is 8.40. The Bertz CT molecular complexity index is 1750. The lowest BCUT2D eigenvalue weighted by atomic mass is 9.99. The van der Waals surface area contributed by atoms with Crippen molar-refractivity contribution in [2.24, 2.45) is 5.73 Å². The third kappa shape index (κ3) is 8.85. The van der Waals surface area contributed by atoms with Crippen molar-refractivity contribution in [1.29, 1.82) is 0 Å². The van der Waals surface area contributed by atoms with Crippen molar-refractivity contribution >= 4 is 41.3 Å². The Hall–Kier alpha value is -4.51. The summed E-state index contributed by atoms with van der Waals surface area (Å²) in [6, 6.07) is 17.0. The van der Waals surface area contributed by atoms with Gasteiger partial charge in [0, 0.05) is 73.5 Å². The number of nitrogens with two attached hydrogens (primary N) is 1. The summed E-state index contributed by atoms with van der Waals surface area (Å²) in [7, 11) is 3.13. The zero-order valence-corrected chi connectivity index (χ0v) is 28.2. The first-order valence-corrected chi connectivity index (χ1v) is 15.7. The maximum Gasteiger partial charge on any atom is 0.218 e. The van der Waals surface area contributed by atoms with Gasteiger partial charge in [-0.25, -0.2) is 4.98 Å².